The fourth-order valence-corrected chi connectivity index (χ4v) is 6.76. The van der Waals surface area contributed by atoms with E-state index in [1.807, 2.05) is 0 Å². The van der Waals surface area contributed by atoms with Crippen molar-refractivity contribution >= 4 is 11.4 Å². The Kier molecular flexibility index (Phi) is 7.73. The summed E-state index contributed by atoms with van der Waals surface area (Å²) in [5, 5.41) is 6.56. The first-order chi connectivity index (χ1) is 20.0. The molecular weight excluding hydrogens is 538 g/mol. The number of nitrogens with zero attached hydrogens (tertiary/aromatic N) is 2. The molecule has 2 aromatic rings. The number of fused-ring (bicyclic) bond motifs is 1. The standard InChI is InChI=1S/C37H46F2N4/c1-22-12-11-13-28(40-25(4)41-30-19-18-29(42-30)37(10,38)39)33(22)43-21-36(8,9)32-31(23(2)20-24(3)34(32)43)26-14-16-27(17-15-26)35(5,6)7/h11,13-17,19-20,22,40-41H,4,12,18,21H2,1-3,5-10H3. The highest BCUT2D eigenvalue weighted by molar-refractivity contribution is 5.94. The molecule has 4 nitrogen and oxygen atoms in total. The van der Waals surface area contributed by atoms with Gasteiger partial charge in [0.1, 0.15) is 11.6 Å². The van der Waals surface area contributed by atoms with Crippen molar-refractivity contribution < 1.29 is 8.78 Å². The number of halogens is 2. The molecule has 0 saturated heterocycles. The van der Waals surface area contributed by atoms with E-state index in [9.17, 15) is 8.78 Å². The highest BCUT2D eigenvalue weighted by Gasteiger charge is 2.42. The van der Waals surface area contributed by atoms with Gasteiger partial charge in [0, 0.05) is 42.6 Å². The van der Waals surface area contributed by atoms with Crippen LogP contribution in [0.1, 0.15) is 83.6 Å². The van der Waals surface area contributed by atoms with Gasteiger partial charge < -0.3 is 15.5 Å². The highest BCUT2D eigenvalue weighted by atomic mass is 19.3. The Hall–Kier alpha value is -3.67. The van der Waals surface area contributed by atoms with E-state index >= 15 is 0 Å². The number of benzene rings is 2. The van der Waals surface area contributed by atoms with E-state index in [4.69, 9.17) is 0 Å². The van der Waals surface area contributed by atoms with Crippen LogP contribution in [0.2, 0.25) is 0 Å². The lowest BCUT2D eigenvalue weighted by Gasteiger charge is -2.34. The van der Waals surface area contributed by atoms with E-state index in [-0.39, 0.29) is 28.9 Å². The molecule has 0 radical (unpaired) electrons. The number of hydrogen-bond acceptors (Lipinski definition) is 4. The third kappa shape index (κ3) is 5.93. The van der Waals surface area contributed by atoms with Crippen LogP contribution in [0.15, 0.2) is 83.2 Å². The minimum atomic E-state index is -2.94. The second kappa shape index (κ2) is 10.8. The van der Waals surface area contributed by atoms with E-state index in [1.165, 1.54) is 44.8 Å². The Morgan fingerprint density at radius 3 is 2.33 bits per heavy atom. The van der Waals surface area contributed by atoms with Crippen molar-refractivity contribution in [2.45, 2.75) is 91.9 Å². The van der Waals surface area contributed by atoms with Crippen molar-refractivity contribution in [3.63, 3.8) is 0 Å². The van der Waals surface area contributed by atoms with Gasteiger partial charge in [0.15, 0.2) is 0 Å². The number of aliphatic imine (C=N–C) groups is 1. The van der Waals surface area contributed by atoms with Crippen LogP contribution >= 0.6 is 0 Å². The summed E-state index contributed by atoms with van der Waals surface area (Å²) in [7, 11) is 0. The summed E-state index contributed by atoms with van der Waals surface area (Å²) < 4.78 is 27.5. The van der Waals surface area contributed by atoms with Gasteiger partial charge in [-0.3, -0.25) is 0 Å². The van der Waals surface area contributed by atoms with Gasteiger partial charge in [-0.15, -0.1) is 0 Å². The molecule has 2 aliphatic heterocycles. The van der Waals surface area contributed by atoms with Crippen LogP contribution in [0.5, 0.6) is 0 Å². The van der Waals surface area contributed by atoms with Crippen LogP contribution in [0.3, 0.4) is 0 Å². The molecule has 1 atom stereocenters. The van der Waals surface area contributed by atoms with E-state index in [1.54, 1.807) is 6.08 Å². The molecule has 43 heavy (non-hydrogen) atoms. The molecule has 1 unspecified atom stereocenters. The Labute approximate surface area is 256 Å². The minimum absolute atomic E-state index is 0.0937. The summed E-state index contributed by atoms with van der Waals surface area (Å²) in [4.78, 5) is 6.60. The second-order valence-corrected chi connectivity index (χ2v) is 14.2. The highest BCUT2D eigenvalue weighted by Crippen LogP contribution is 2.52. The fraction of sp³-hybridized carbons (Fsp3) is 0.432. The van der Waals surface area contributed by atoms with Crippen molar-refractivity contribution in [3.05, 3.63) is 100 Å². The van der Waals surface area contributed by atoms with Crippen LogP contribution < -0.4 is 15.5 Å². The lowest BCUT2D eigenvalue weighted by Crippen LogP contribution is -2.35. The first-order valence-electron chi connectivity index (χ1n) is 15.3. The summed E-state index contributed by atoms with van der Waals surface area (Å²) >= 11 is 0. The lowest BCUT2D eigenvalue weighted by molar-refractivity contribution is 0.0990. The van der Waals surface area contributed by atoms with Crippen LogP contribution in [0.25, 0.3) is 11.1 Å². The van der Waals surface area contributed by atoms with Crippen molar-refractivity contribution in [1.29, 1.82) is 0 Å². The summed E-state index contributed by atoms with van der Waals surface area (Å²) in [5.41, 5.74) is 11.2. The lowest BCUT2D eigenvalue weighted by atomic mass is 9.78. The molecule has 0 fully saturated rings. The van der Waals surface area contributed by atoms with E-state index < -0.39 is 5.92 Å². The number of alkyl halides is 2. The van der Waals surface area contributed by atoms with Gasteiger partial charge in [-0.2, -0.15) is 0 Å². The first-order valence-corrected chi connectivity index (χ1v) is 15.3. The number of aryl methyl sites for hydroxylation is 2. The monoisotopic (exact) mass is 584 g/mol. The fourth-order valence-electron chi connectivity index (χ4n) is 6.76. The molecule has 6 heteroatoms. The molecule has 0 aromatic heterocycles. The maximum absolute atomic E-state index is 13.8. The van der Waals surface area contributed by atoms with Crippen LogP contribution in [-0.4, -0.2) is 18.2 Å². The number of rotatable bonds is 7. The SMILES string of the molecule is C=C(NC1=CCC(C(C)(F)F)=N1)NC1=C(N2CC(C)(C)c3c(-c4ccc(C(C)(C)C)cc4)c(C)cc(C)c32)C(C)CC=C1. The molecule has 5 rings (SSSR count). The maximum Gasteiger partial charge on any atom is 0.283 e. The van der Waals surface area contributed by atoms with Gasteiger partial charge in [0.25, 0.3) is 5.92 Å². The van der Waals surface area contributed by atoms with Crippen LogP contribution in [0.4, 0.5) is 14.5 Å². The van der Waals surface area contributed by atoms with Gasteiger partial charge in [-0.25, -0.2) is 13.8 Å². The molecule has 3 aliphatic rings. The Morgan fingerprint density at radius 2 is 1.72 bits per heavy atom. The number of anilines is 1. The van der Waals surface area contributed by atoms with Crippen molar-refractivity contribution in [1.82, 2.24) is 10.6 Å². The Morgan fingerprint density at radius 1 is 1.05 bits per heavy atom. The van der Waals surface area contributed by atoms with Crippen LogP contribution in [-0.2, 0) is 10.8 Å². The molecule has 2 aromatic carbocycles. The molecule has 0 amide bonds. The molecule has 2 N–H and O–H groups in total. The zero-order chi connectivity index (χ0) is 31.5. The smallest absolute Gasteiger partial charge is 0.283 e. The summed E-state index contributed by atoms with van der Waals surface area (Å²) in [5.74, 6) is -1.77. The third-order valence-electron chi connectivity index (χ3n) is 8.85. The topological polar surface area (TPSA) is 39.7 Å². The quantitative estimate of drug-likeness (QED) is 0.341. The minimum Gasteiger partial charge on any atom is -0.342 e. The molecular formula is C37H46F2N4. The van der Waals surface area contributed by atoms with Crippen molar-refractivity contribution in [2.24, 2.45) is 10.9 Å². The first kappa shape index (κ1) is 30.8. The van der Waals surface area contributed by atoms with Gasteiger partial charge in [0.2, 0.25) is 0 Å². The normalized spacial score (nSPS) is 19.8. The maximum atomic E-state index is 13.8. The van der Waals surface area contributed by atoms with Gasteiger partial charge in [-0.1, -0.05) is 84.5 Å². The average molecular weight is 585 g/mol. The van der Waals surface area contributed by atoms with E-state index in [0.717, 1.165) is 25.6 Å². The second-order valence-electron chi connectivity index (χ2n) is 14.2. The Bertz CT molecular complexity index is 1570. The average Bonchev–Trinajstić information content (AvgIpc) is 3.46. The summed E-state index contributed by atoms with van der Waals surface area (Å²) in [6, 6.07) is 11.4. The summed E-state index contributed by atoms with van der Waals surface area (Å²) in [6.07, 6.45) is 7.03. The van der Waals surface area contributed by atoms with Crippen molar-refractivity contribution in [2.75, 3.05) is 11.4 Å². The largest absolute Gasteiger partial charge is 0.342 e. The van der Waals surface area contributed by atoms with E-state index in [0.29, 0.717) is 11.6 Å². The molecule has 0 bridgehead atoms. The molecule has 0 saturated carbocycles. The number of hydrogen-bond donors (Lipinski definition) is 2. The van der Waals surface area contributed by atoms with Gasteiger partial charge in [0.05, 0.1) is 11.4 Å². The van der Waals surface area contributed by atoms with Gasteiger partial charge in [-0.05, 0) is 71.2 Å². The van der Waals surface area contributed by atoms with Crippen LogP contribution in [0, 0.1) is 19.8 Å². The molecule has 1 aliphatic carbocycles. The zero-order valence-electron chi connectivity index (χ0n) is 27.2. The zero-order valence-corrected chi connectivity index (χ0v) is 27.2. The molecule has 2 heterocycles. The number of allylic oxidation sites excluding steroid dienone is 4. The van der Waals surface area contributed by atoms with Gasteiger partial charge >= 0.3 is 0 Å². The molecule has 0 spiro atoms. The van der Waals surface area contributed by atoms with E-state index in [2.05, 4.69) is 125 Å². The van der Waals surface area contributed by atoms with Crippen molar-refractivity contribution in [3.8, 4) is 11.1 Å². The third-order valence-corrected chi connectivity index (χ3v) is 8.85. The molecule has 228 valence electrons. The number of nitrogens with one attached hydrogen (secondary N) is 2. The predicted octanol–water partition coefficient (Wildman–Crippen LogP) is 9.16. The summed E-state index contributed by atoms with van der Waals surface area (Å²) in [6.45, 7) is 24.0. The Balaban J connectivity index is 1.54. The predicted molar refractivity (Wildman–Crippen MR) is 177 cm³/mol.